The molecule has 0 saturated carbocycles. The summed E-state index contributed by atoms with van der Waals surface area (Å²) in [6.07, 6.45) is 2.64. The van der Waals surface area contributed by atoms with Gasteiger partial charge in [0.2, 0.25) is 0 Å². The average Bonchev–Trinajstić information content (AvgIpc) is 2.71. The number of aryl methyl sites for hydroxylation is 3. The van der Waals surface area contributed by atoms with Gasteiger partial charge in [-0.15, -0.1) is 0 Å². The van der Waals surface area contributed by atoms with E-state index in [1.165, 1.54) is 11.1 Å². The van der Waals surface area contributed by atoms with Crippen LogP contribution in [0.1, 0.15) is 16.8 Å². The first-order chi connectivity index (χ1) is 9.08. The molecule has 0 bridgehead atoms. The molecule has 1 aromatic carbocycles. The Hall–Kier alpha value is -1.81. The molecule has 4 heteroatoms. The molecule has 0 aliphatic rings. The number of methoxy groups -OCH3 is 1. The molecule has 1 aromatic heterocycles. The van der Waals surface area contributed by atoms with Crippen LogP contribution in [0.15, 0.2) is 18.5 Å². The van der Waals surface area contributed by atoms with Gasteiger partial charge < -0.3 is 15.0 Å². The standard InChI is InChI=1S/C15H21N3O/c1-10-7-11(2)14(13(8-10)19-4)15-12(5-6-16)18(3)9-17-15/h7-9H,5-6,16H2,1-4H3. The zero-order valence-electron chi connectivity index (χ0n) is 12.0. The molecule has 2 N–H and O–H groups in total. The fourth-order valence-electron chi connectivity index (χ4n) is 2.49. The van der Waals surface area contributed by atoms with Gasteiger partial charge in [-0.1, -0.05) is 6.07 Å². The van der Waals surface area contributed by atoms with Crippen LogP contribution in [-0.2, 0) is 13.5 Å². The molecule has 0 atom stereocenters. The van der Waals surface area contributed by atoms with E-state index < -0.39 is 0 Å². The van der Waals surface area contributed by atoms with Gasteiger partial charge in [-0.25, -0.2) is 4.98 Å². The SMILES string of the molecule is COc1cc(C)cc(C)c1-c1ncn(C)c1CCN. The van der Waals surface area contributed by atoms with Crippen LogP contribution in [0.3, 0.4) is 0 Å². The average molecular weight is 259 g/mol. The van der Waals surface area contributed by atoms with Gasteiger partial charge in [0.1, 0.15) is 5.75 Å². The Morgan fingerprint density at radius 2 is 2.05 bits per heavy atom. The Morgan fingerprint density at radius 1 is 1.32 bits per heavy atom. The molecular weight excluding hydrogens is 238 g/mol. The van der Waals surface area contributed by atoms with Crippen LogP contribution in [0.5, 0.6) is 5.75 Å². The number of nitrogens with zero attached hydrogens (tertiary/aromatic N) is 2. The van der Waals surface area contributed by atoms with Crippen LogP contribution < -0.4 is 10.5 Å². The van der Waals surface area contributed by atoms with E-state index in [0.717, 1.165) is 29.1 Å². The van der Waals surface area contributed by atoms with Gasteiger partial charge in [-0.3, -0.25) is 0 Å². The van der Waals surface area contributed by atoms with Crippen LogP contribution in [0, 0.1) is 13.8 Å². The molecular formula is C15H21N3O. The van der Waals surface area contributed by atoms with Gasteiger partial charge in [-0.2, -0.15) is 0 Å². The highest BCUT2D eigenvalue weighted by molar-refractivity contribution is 5.73. The third kappa shape index (κ3) is 2.49. The fourth-order valence-corrected chi connectivity index (χ4v) is 2.49. The summed E-state index contributed by atoms with van der Waals surface area (Å²) in [7, 11) is 3.70. The smallest absolute Gasteiger partial charge is 0.128 e. The summed E-state index contributed by atoms with van der Waals surface area (Å²) < 4.78 is 7.55. The van der Waals surface area contributed by atoms with Crippen molar-refractivity contribution in [3.05, 3.63) is 35.3 Å². The molecule has 2 rings (SSSR count). The lowest BCUT2D eigenvalue weighted by Gasteiger charge is -2.13. The maximum Gasteiger partial charge on any atom is 0.128 e. The molecule has 0 radical (unpaired) electrons. The van der Waals surface area contributed by atoms with Crippen LogP contribution in [0.4, 0.5) is 0 Å². The molecule has 0 amide bonds. The van der Waals surface area contributed by atoms with Gasteiger partial charge in [0.15, 0.2) is 0 Å². The molecule has 1 heterocycles. The van der Waals surface area contributed by atoms with E-state index in [1.807, 2.05) is 24.0 Å². The number of rotatable bonds is 4. The number of imidazole rings is 1. The van der Waals surface area contributed by atoms with Crippen LogP contribution in [-0.4, -0.2) is 23.2 Å². The van der Waals surface area contributed by atoms with Crippen molar-refractivity contribution in [3.8, 4) is 17.0 Å². The highest BCUT2D eigenvalue weighted by atomic mass is 16.5. The number of hydrogen-bond acceptors (Lipinski definition) is 3. The first-order valence-electron chi connectivity index (χ1n) is 6.44. The highest BCUT2D eigenvalue weighted by Crippen LogP contribution is 2.35. The quantitative estimate of drug-likeness (QED) is 0.916. The highest BCUT2D eigenvalue weighted by Gasteiger charge is 2.17. The van der Waals surface area contributed by atoms with Gasteiger partial charge in [0.25, 0.3) is 0 Å². The van der Waals surface area contributed by atoms with Crippen molar-refractivity contribution in [1.29, 1.82) is 0 Å². The lowest BCUT2D eigenvalue weighted by atomic mass is 9.99. The van der Waals surface area contributed by atoms with Crippen molar-refractivity contribution < 1.29 is 4.74 Å². The molecule has 0 fully saturated rings. The minimum Gasteiger partial charge on any atom is -0.496 e. The van der Waals surface area contributed by atoms with Crippen LogP contribution in [0.25, 0.3) is 11.3 Å². The van der Waals surface area contributed by atoms with Crippen molar-refractivity contribution in [3.63, 3.8) is 0 Å². The summed E-state index contributed by atoms with van der Waals surface area (Å²) in [6, 6.07) is 4.20. The second-order valence-electron chi connectivity index (χ2n) is 4.85. The Bertz CT molecular complexity index is 587. The normalized spacial score (nSPS) is 10.8. The second-order valence-corrected chi connectivity index (χ2v) is 4.85. The minimum atomic E-state index is 0.611. The van der Waals surface area contributed by atoms with E-state index in [0.29, 0.717) is 6.54 Å². The first-order valence-corrected chi connectivity index (χ1v) is 6.44. The van der Waals surface area contributed by atoms with Crippen LogP contribution >= 0.6 is 0 Å². The lowest BCUT2D eigenvalue weighted by Crippen LogP contribution is -2.08. The van der Waals surface area contributed by atoms with Crippen molar-refractivity contribution in [2.45, 2.75) is 20.3 Å². The molecule has 2 aromatic rings. The van der Waals surface area contributed by atoms with E-state index >= 15 is 0 Å². The predicted molar refractivity (Wildman–Crippen MR) is 77.4 cm³/mol. The van der Waals surface area contributed by atoms with Crippen molar-refractivity contribution in [1.82, 2.24) is 9.55 Å². The third-order valence-electron chi connectivity index (χ3n) is 3.34. The zero-order valence-corrected chi connectivity index (χ0v) is 12.0. The molecule has 0 saturated heterocycles. The van der Waals surface area contributed by atoms with E-state index in [4.69, 9.17) is 10.5 Å². The molecule has 0 unspecified atom stereocenters. The summed E-state index contributed by atoms with van der Waals surface area (Å²) in [5.74, 6) is 0.870. The summed E-state index contributed by atoms with van der Waals surface area (Å²) in [5.41, 5.74) is 11.2. The van der Waals surface area contributed by atoms with Gasteiger partial charge in [-0.05, 0) is 37.6 Å². The lowest BCUT2D eigenvalue weighted by molar-refractivity contribution is 0.415. The fraction of sp³-hybridized carbons (Fsp3) is 0.400. The van der Waals surface area contributed by atoms with Gasteiger partial charge in [0, 0.05) is 24.7 Å². The van der Waals surface area contributed by atoms with Crippen LogP contribution in [0.2, 0.25) is 0 Å². The summed E-state index contributed by atoms with van der Waals surface area (Å²) in [6.45, 7) is 4.77. The maximum absolute atomic E-state index is 5.70. The van der Waals surface area contributed by atoms with Gasteiger partial charge >= 0.3 is 0 Å². The van der Waals surface area contributed by atoms with E-state index in [9.17, 15) is 0 Å². The third-order valence-corrected chi connectivity index (χ3v) is 3.34. The van der Waals surface area contributed by atoms with E-state index in [2.05, 4.69) is 24.9 Å². The molecule has 102 valence electrons. The Balaban J connectivity index is 2.65. The number of aromatic nitrogens is 2. The van der Waals surface area contributed by atoms with Gasteiger partial charge in [0.05, 0.1) is 19.1 Å². The van der Waals surface area contributed by atoms with Crippen molar-refractivity contribution >= 4 is 0 Å². The second kappa shape index (κ2) is 5.45. The first kappa shape index (κ1) is 13.6. The number of hydrogen-bond donors (Lipinski definition) is 1. The molecule has 0 aliphatic heterocycles. The van der Waals surface area contributed by atoms with E-state index in [-0.39, 0.29) is 0 Å². The van der Waals surface area contributed by atoms with Crippen molar-refractivity contribution in [2.75, 3.05) is 13.7 Å². The minimum absolute atomic E-state index is 0.611. The predicted octanol–water partition coefficient (Wildman–Crippen LogP) is 2.21. The monoisotopic (exact) mass is 259 g/mol. The summed E-state index contributed by atoms with van der Waals surface area (Å²) >= 11 is 0. The Kier molecular flexibility index (Phi) is 3.90. The van der Waals surface area contributed by atoms with Crippen molar-refractivity contribution in [2.24, 2.45) is 12.8 Å². The molecule has 4 nitrogen and oxygen atoms in total. The molecule has 0 aliphatic carbocycles. The number of nitrogens with two attached hydrogens (primary N) is 1. The Labute approximate surface area is 114 Å². The maximum atomic E-state index is 5.70. The largest absolute Gasteiger partial charge is 0.496 e. The van der Waals surface area contributed by atoms with E-state index in [1.54, 1.807) is 7.11 Å². The molecule has 19 heavy (non-hydrogen) atoms. The Morgan fingerprint density at radius 3 is 2.68 bits per heavy atom. The number of ether oxygens (including phenoxy) is 1. The topological polar surface area (TPSA) is 53.1 Å². The summed E-state index contributed by atoms with van der Waals surface area (Å²) in [4.78, 5) is 4.53. The summed E-state index contributed by atoms with van der Waals surface area (Å²) in [5, 5.41) is 0. The number of benzene rings is 1. The molecule has 0 spiro atoms. The zero-order chi connectivity index (χ0) is 14.0.